The summed E-state index contributed by atoms with van der Waals surface area (Å²) in [7, 11) is 0. The Labute approximate surface area is 132 Å². The predicted molar refractivity (Wildman–Crippen MR) is 90.7 cm³/mol. The first-order chi connectivity index (χ1) is 10.3. The summed E-state index contributed by atoms with van der Waals surface area (Å²) in [5.74, 6) is 1.01. The number of hydrogen-bond acceptors (Lipinski definition) is 2. The van der Waals surface area contributed by atoms with E-state index in [1.165, 1.54) is 96.7 Å². The highest BCUT2D eigenvalue weighted by Gasteiger charge is 2.45. The molecule has 1 N–H and O–H groups in total. The second-order valence-electron chi connectivity index (χ2n) is 7.97. The molecule has 1 spiro atoms. The number of nitrogens with one attached hydrogen (secondary N) is 1. The van der Waals surface area contributed by atoms with Gasteiger partial charge in [-0.3, -0.25) is 4.90 Å². The van der Waals surface area contributed by atoms with Crippen LogP contribution in [0.5, 0.6) is 0 Å². The van der Waals surface area contributed by atoms with Crippen LogP contribution in [0.2, 0.25) is 0 Å². The van der Waals surface area contributed by atoms with Crippen LogP contribution in [0.15, 0.2) is 0 Å². The molecule has 2 aliphatic carbocycles. The van der Waals surface area contributed by atoms with Crippen LogP contribution in [0.1, 0.15) is 84.0 Å². The Kier molecular flexibility index (Phi) is 5.61. The maximum atomic E-state index is 3.94. The average Bonchev–Trinajstić information content (AvgIpc) is 3.35. The maximum absolute atomic E-state index is 3.94. The van der Waals surface area contributed by atoms with Crippen molar-refractivity contribution in [3.8, 4) is 0 Å². The molecule has 3 aliphatic rings. The first kappa shape index (κ1) is 15.8. The SMILES string of the molecule is CCCCCCCN1CC(C2CC2)NCC12CCCCC2. The fourth-order valence-corrected chi connectivity index (χ4v) is 4.68. The largest absolute Gasteiger partial charge is 0.311 e. The minimum atomic E-state index is 0.536. The van der Waals surface area contributed by atoms with Crippen molar-refractivity contribution in [2.45, 2.75) is 95.6 Å². The van der Waals surface area contributed by atoms with E-state index in [0.717, 1.165) is 12.0 Å². The molecule has 1 unspecified atom stereocenters. The van der Waals surface area contributed by atoms with E-state index in [1.54, 1.807) is 0 Å². The van der Waals surface area contributed by atoms with E-state index in [0.29, 0.717) is 5.54 Å². The molecular formula is C19H36N2. The van der Waals surface area contributed by atoms with E-state index in [-0.39, 0.29) is 0 Å². The smallest absolute Gasteiger partial charge is 0.0334 e. The monoisotopic (exact) mass is 292 g/mol. The summed E-state index contributed by atoms with van der Waals surface area (Å²) >= 11 is 0. The molecule has 3 rings (SSSR count). The van der Waals surface area contributed by atoms with Gasteiger partial charge in [-0.15, -0.1) is 0 Å². The third kappa shape index (κ3) is 4.01. The fourth-order valence-electron chi connectivity index (χ4n) is 4.68. The number of nitrogens with zero attached hydrogens (tertiary/aromatic N) is 1. The van der Waals surface area contributed by atoms with Crippen molar-refractivity contribution in [3.05, 3.63) is 0 Å². The van der Waals surface area contributed by atoms with Gasteiger partial charge in [0.15, 0.2) is 0 Å². The van der Waals surface area contributed by atoms with E-state index < -0.39 is 0 Å². The summed E-state index contributed by atoms with van der Waals surface area (Å²) in [6.45, 7) is 6.31. The summed E-state index contributed by atoms with van der Waals surface area (Å²) in [5.41, 5.74) is 0.536. The molecule has 0 radical (unpaired) electrons. The van der Waals surface area contributed by atoms with Crippen molar-refractivity contribution in [2.75, 3.05) is 19.6 Å². The van der Waals surface area contributed by atoms with Crippen LogP contribution < -0.4 is 5.32 Å². The van der Waals surface area contributed by atoms with Gasteiger partial charge >= 0.3 is 0 Å². The van der Waals surface area contributed by atoms with Crippen molar-refractivity contribution in [1.82, 2.24) is 10.2 Å². The van der Waals surface area contributed by atoms with E-state index >= 15 is 0 Å². The third-order valence-electron chi connectivity index (χ3n) is 6.29. The molecule has 2 saturated carbocycles. The van der Waals surface area contributed by atoms with Crippen LogP contribution in [-0.2, 0) is 0 Å². The van der Waals surface area contributed by atoms with Crippen LogP contribution in [0.25, 0.3) is 0 Å². The van der Waals surface area contributed by atoms with Crippen molar-refractivity contribution < 1.29 is 0 Å². The second-order valence-corrected chi connectivity index (χ2v) is 7.97. The van der Waals surface area contributed by atoms with Gasteiger partial charge in [0.05, 0.1) is 0 Å². The minimum absolute atomic E-state index is 0.536. The van der Waals surface area contributed by atoms with Gasteiger partial charge in [0.2, 0.25) is 0 Å². The first-order valence-electron chi connectivity index (χ1n) is 9.82. The van der Waals surface area contributed by atoms with E-state index in [4.69, 9.17) is 0 Å². The molecule has 21 heavy (non-hydrogen) atoms. The summed E-state index contributed by atoms with van der Waals surface area (Å²) in [6, 6.07) is 0.813. The van der Waals surface area contributed by atoms with Gasteiger partial charge < -0.3 is 5.32 Å². The van der Waals surface area contributed by atoms with Crippen LogP contribution >= 0.6 is 0 Å². The van der Waals surface area contributed by atoms with Gasteiger partial charge in [-0.05, 0) is 44.6 Å². The zero-order valence-corrected chi connectivity index (χ0v) is 14.2. The molecule has 2 nitrogen and oxygen atoms in total. The quantitative estimate of drug-likeness (QED) is 0.702. The molecule has 0 aromatic rings. The van der Waals surface area contributed by atoms with Gasteiger partial charge in [-0.25, -0.2) is 0 Å². The third-order valence-corrected chi connectivity index (χ3v) is 6.29. The lowest BCUT2D eigenvalue weighted by Crippen LogP contribution is -2.65. The number of rotatable bonds is 7. The highest BCUT2D eigenvalue weighted by molar-refractivity contribution is 5.03. The number of piperazine rings is 1. The zero-order valence-electron chi connectivity index (χ0n) is 14.2. The molecule has 122 valence electrons. The Hall–Kier alpha value is -0.0800. The topological polar surface area (TPSA) is 15.3 Å². The van der Waals surface area contributed by atoms with Crippen LogP contribution in [0.4, 0.5) is 0 Å². The molecule has 1 saturated heterocycles. The lowest BCUT2D eigenvalue weighted by molar-refractivity contribution is 0.00505. The zero-order chi connectivity index (χ0) is 14.5. The minimum Gasteiger partial charge on any atom is -0.311 e. The Bertz CT molecular complexity index is 305. The van der Waals surface area contributed by atoms with Crippen LogP contribution in [0, 0.1) is 5.92 Å². The van der Waals surface area contributed by atoms with Crippen LogP contribution in [0.3, 0.4) is 0 Å². The van der Waals surface area contributed by atoms with Gasteiger partial charge in [-0.2, -0.15) is 0 Å². The van der Waals surface area contributed by atoms with Crippen molar-refractivity contribution in [3.63, 3.8) is 0 Å². The van der Waals surface area contributed by atoms with Gasteiger partial charge in [0.1, 0.15) is 0 Å². The first-order valence-corrected chi connectivity index (χ1v) is 9.82. The lowest BCUT2D eigenvalue weighted by Gasteiger charge is -2.52. The molecule has 1 aliphatic heterocycles. The molecule has 0 aromatic carbocycles. The summed E-state index contributed by atoms with van der Waals surface area (Å²) in [5, 5.41) is 3.94. The predicted octanol–water partition coefficient (Wildman–Crippen LogP) is 4.34. The standard InChI is InChI=1S/C19H36N2/c1-2-3-4-5-9-14-21-15-18(17-10-11-17)20-16-19(21)12-7-6-8-13-19/h17-18,20H,2-16H2,1H3. The van der Waals surface area contributed by atoms with Gasteiger partial charge in [0.25, 0.3) is 0 Å². The average molecular weight is 293 g/mol. The summed E-state index contributed by atoms with van der Waals surface area (Å²) in [6.07, 6.45) is 17.4. The molecular weight excluding hydrogens is 256 g/mol. The Balaban J connectivity index is 1.53. The molecule has 0 bridgehead atoms. The Morgan fingerprint density at radius 2 is 1.76 bits per heavy atom. The number of unbranched alkanes of at least 4 members (excludes halogenated alkanes) is 4. The van der Waals surface area contributed by atoms with Gasteiger partial charge in [-0.1, -0.05) is 51.9 Å². The molecule has 2 heteroatoms. The highest BCUT2D eigenvalue weighted by Crippen LogP contribution is 2.40. The lowest BCUT2D eigenvalue weighted by atomic mass is 9.78. The van der Waals surface area contributed by atoms with Crippen molar-refractivity contribution in [2.24, 2.45) is 5.92 Å². The summed E-state index contributed by atoms with van der Waals surface area (Å²) < 4.78 is 0. The molecule has 1 heterocycles. The van der Waals surface area contributed by atoms with Crippen molar-refractivity contribution >= 4 is 0 Å². The second kappa shape index (κ2) is 7.46. The normalized spacial score (nSPS) is 29.9. The van der Waals surface area contributed by atoms with Crippen molar-refractivity contribution in [1.29, 1.82) is 0 Å². The van der Waals surface area contributed by atoms with E-state index in [1.807, 2.05) is 0 Å². The van der Waals surface area contributed by atoms with E-state index in [9.17, 15) is 0 Å². The molecule has 0 amide bonds. The highest BCUT2D eigenvalue weighted by atomic mass is 15.3. The number of hydrogen-bond donors (Lipinski definition) is 1. The maximum Gasteiger partial charge on any atom is 0.0334 e. The summed E-state index contributed by atoms with van der Waals surface area (Å²) in [4.78, 5) is 2.94. The molecule has 1 atom stereocenters. The molecule has 3 fully saturated rings. The molecule has 0 aromatic heterocycles. The fraction of sp³-hybridized carbons (Fsp3) is 1.00. The van der Waals surface area contributed by atoms with E-state index in [2.05, 4.69) is 17.1 Å². The Morgan fingerprint density at radius 3 is 2.48 bits per heavy atom. The Morgan fingerprint density at radius 1 is 1.00 bits per heavy atom. The van der Waals surface area contributed by atoms with Crippen LogP contribution in [-0.4, -0.2) is 36.1 Å². The van der Waals surface area contributed by atoms with Gasteiger partial charge in [0, 0.05) is 24.7 Å².